The molecule has 104 valence electrons. The first-order valence-corrected chi connectivity index (χ1v) is 6.81. The minimum absolute atomic E-state index is 0.111. The van der Waals surface area contributed by atoms with Crippen molar-refractivity contribution < 1.29 is 0 Å². The summed E-state index contributed by atoms with van der Waals surface area (Å²) in [5.41, 5.74) is 3.70. The van der Waals surface area contributed by atoms with Crippen LogP contribution in [0.15, 0.2) is 24.5 Å². The SMILES string of the molecule is CNCCNCC(C)(C)c1ccc2c(c1)ncn2C. The highest BCUT2D eigenvalue weighted by atomic mass is 15.0. The Morgan fingerprint density at radius 2 is 2.05 bits per heavy atom. The summed E-state index contributed by atoms with van der Waals surface area (Å²) in [6.07, 6.45) is 1.87. The smallest absolute Gasteiger partial charge is 0.0955 e. The van der Waals surface area contributed by atoms with Crippen LogP contribution in [0.1, 0.15) is 19.4 Å². The normalized spacial score (nSPS) is 12.2. The maximum atomic E-state index is 4.43. The molecule has 2 rings (SSSR count). The van der Waals surface area contributed by atoms with Gasteiger partial charge >= 0.3 is 0 Å². The van der Waals surface area contributed by atoms with E-state index in [1.807, 2.05) is 20.4 Å². The largest absolute Gasteiger partial charge is 0.334 e. The van der Waals surface area contributed by atoms with Crippen molar-refractivity contribution in [1.82, 2.24) is 20.2 Å². The summed E-state index contributed by atoms with van der Waals surface area (Å²) in [5, 5.41) is 6.64. The fourth-order valence-electron chi connectivity index (χ4n) is 2.27. The van der Waals surface area contributed by atoms with Gasteiger partial charge in [0, 0.05) is 32.1 Å². The predicted octanol–water partition coefficient (Wildman–Crippen LogP) is 1.66. The van der Waals surface area contributed by atoms with Crippen LogP contribution in [-0.2, 0) is 12.5 Å². The van der Waals surface area contributed by atoms with Crippen molar-refractivity contribution in [2.24, 2.45) is 7.05 Å². The number of hydrogen-bond donors (Lipinski definition) is 2. The maximum Gasteiger partial charge on any atom is 0.0955 e. The first kappa shape index (κ1) is 14.0. The molecule has 0 amide bonds. The van der Waals surface area contributed by atoms with E-state index < -0.39 is 0 Å². The lowest BCUT2D eigenvalue weighted by Crippen LogP contribution is -2.36. The highest BCUT2D eigenvalue weighted by Crippen LogP contribution is 2.25. The maximum absolute atomic E-state index is 4.43. The molecule has 0 bridgehead atoms. The van der Waals surface area contributed by atoms with Gasteiger partial charge in [-0.25, -0.2) is 4.98 Å². The summed E-state index contributed by atoms with van der Waals surface area (Å²) in [6, 6.07) is 6.58. The predicted molar refractivity (Wildman–Crippen MR) is 80.5 cm³/mol. The molecule has 1 aromatic heterocycles. The third kappa shape index (κ3) is 3.14. The minimum Gasteiger partial charge on any atom is -0.334 e. The molecule has 1 aromatic carbocycles. The van der Waals surface area contributed by atoms with Crippen molar-refractivity contribution in [3.63, 3.8) is 0 Å². The number of aryl methyl sites for hydroxylation is 1. The van der Waals surface area contributed by atoms with E-state index in [0.717, 1.165) is 25.2 Å². The van der Waals surface area contributed by atoms with Crippen molar-refractivity contribution in [1.29, 1.82) is 0 Å². The second-order valence-corrected chi connectivity index (χ2v) is 5.72. The average Bonchev–Trinajstić information content (AvgIpc) is 2.76. The zero-order valence-electron chi connectivity index (χ0n) is 12.3. The number of fused-ring (bicyclic) bond motifs is 1. The summed E-state index contributed by atoms with van der Waals surface area (Å²) in [7, 11) is 4.00. The molecular weight excluding hydrogens is 236 g/mol. The molecule has 2 aromatic rings. The molecule has 0 saturated carbocycles. The Labute approximate surface area is 115 Å². The van der Waals surface area contributed by atoms with Crippen molar-refractivity contribution in [2.45, 2.75) is 19.3 Å². The molecule has 0 atom stereocenters. The quantitative estimate of drug-likeness (QED) is 0.776. The third-order valence-corrected chi connectivity index (χ3v) is 3.63. The Kier molecular flexibility index (Phi) is 4.22. The first-order valence-electron chi connectivity index (χ1n) is 6.81. The average molecular weight is 260 g/mol. The number of hydrogen-bond acceptors (Lipinski definition) is 3. The molecule has 0 aliphatic rings. The van der Waals surface area contributed by atoms with Crippen molar-refractivity contribution >= 4 is 11.0 Å². The molecule has 0 spiro atoms. The summed E-state index contributed by atoms with van der Waals surface area (Å²) in [4.78, 5) is 4.43. The highest BCUT2D eigenvalue weighted by Gasteiger charge is 2.20. The van der Waals surface area contributed by atoms with Crippen LogP contribution < -0.4 is 10.6 Å². The fourth-order valence-corrected chi connectivity index (χ4v) is 2.27. The molecular formula is C15H24N4. The lowest BCUT2D eigenvalue weighted by atomic mass is 9.84. The molecule has 0 aliphatic heterocycles. The molecule has 0 fully saturated rings. The van der Waals surface area contributed by atoms with Crippen LogP contribution in [0.5, 0.6) is 0 Å². The molecule has 2 N–H and O–H groups in total. The van der Waals surface area contributed by atoms with E-state index in [-0.39, 0.29) is 5.41 Å². The number of likely N-dealkylation sites (N-methyl/N-ethyl adjacent to an activating group) is 1. The van der Waals surface area contributed by atoms with E-state index in [2.05, 4.69) is 52.2 Å². The van der Waals surface area contributed by atoms with Crippen LogP contribution >= 0.6 is 0 Å². The first-order chi connectivity index (χ1) is 9.04. The number of imidazole rings is 1. The minimum atomic E-state index is 0.111. The Balaban J connectivity index is 2.12. The monoisotopic (exact) mass is 260 g/mol. The number of aromatic nitrogens is 2. The van der Waals surface area contributed by atoms with E-state index in [0.29, 0.717) is 0 Å². The van der Waals surface area contributed by atoms with Gasteiger partial charge in [-0.05, 0) is 24.7 Å². The van der Waals surface area contributed by atoms with E-state index in [9.17, 15) is 0 Å². The van der Waals surface area contributed by atoms with Crippen LogP contribution in [0.25, 0.3) is 11.0 Å². The second kappa shape index (κ2) is 5.72. The van der Waals surface area contributed by atoms with Crippen LogP contribution in [-0.4, -0.2) is 36.2 Å². The van der Waals surface area contributed by atoms with Crippen molar-refractivity contribution in [3.8, 4) is 0 Å². The lowest BCUT2D eigenvalue weighted by molar-refractivity contribution is 0.469. The Bertz CT molecular complexity index is 542. The Morgan fingerprint density at radius 3 is 2.79 bits per heavy atom. The lowest BCUT2D eigenvalue weighted by Gasteiger charge is -2.26. The Morgan fingerprint density at radius 1 is 1.26 bits per heavy atom. The molecule has 1 heterocycles. The van der Waals surface area contributed by atoms with Gasteiger partial charge in [0.1, 0.15) is 0 Å². The van der Waals surface area contributed by atoms with Gasteiger partial charge in [0.2, 0.25) is 0 Å². The second-order valence-electron chi connectivity index (χ2n) is 5.72. The van der Waals surface area contributed by atoms with Crippen LogP contribution in [0.3, 0.4) is 0 Å². The fraction of sp³-hybridized carbons (Fsp3) is 0.533. The molecule has 0 radical (unpaired) electrons. The molecule has 19 heavy (non-hydrogen) atoms. The number of rotatable bonds is 6. The Hall–Kier alpha value is -1.39. The third-order valence-electron chi connectivity index (χ3n) is 3.63. The van der Waals surface area contributed by atoms with Crippen LogP contribution in [0, 0.1) is 0 Å². The molecule has 0 saturated heterocycles. The van der Waals surface area contributed by atoms with E-state index in [4.69, 9.17) is 0 Å². The van der Waals surface area contributed by atoms with Crippen molar-refractivity contribution in [2.75, 3.05) is 26.7 Å². The zero-order chi connectivity index (χ0) is 13.9. The van der Waals surface area contributed by atoms with Crippen molar-refractivity contribution in [3.05, 3.63) is 30.1 Å². The van der Waals surface area contributed by atoms with Crippen LogP contribution in [0.2, 0.25) is 0 Å². The van der Waals surface area contributed by atoms with E-state index in [1.165, 1.54) is 11.1 Å². The number of nitrogens with one attached hydrogen (secondary N) is 2. The zero-order valence-corrected chi connectivity index (χ0v) is 12.3. The highest BCUT2D eigenvalue weighted by molar-refractivity contribution is 5.76. The molecule has 0 aliphatic carbocycles. The van der Waals surface area contributed by atoms with Gasteiger partial charge in [-0.2, -0.15) is 0 Å². The van der Waals surface area contributed by atoms with E-state index >= 15 is 0 Å². The van der Waals surface area contributed by atoms with E-state index in [1.54, 1.807) is 0 Å². The topological polar surface area (TPSA) is 41.9 Å². The summed E-state index contributed by atoms with van der Waals surface area (Å²) >= 11 is 0. The molecule has 0 unspecified atom stereocenters. The van der Waals surface area contributed by atoms with Gasteiger partial charge in [-0.1, -0.05) is 19.9 Å². The van der Waals surface area contributed by atoms with Gasteiger partial charge in [0.25, 0.3) is 0 Å². The van der Waals surface area contributed by atoms with Gasteiger partial charge in [0.05, 0.1) is 17.4 Å². The van der Waals surface area contributed by atoms with Gasteiger partial charge in [0.15, 0.2) is 0 Å². The van der Waals surface area contributed by atoms with Crippen LogP contribution in [0.4, 0.5) is 0 Å². The summed E-state index contributed by atoms with van der Waals surface area (Å²) < 4.78 is 2.05. The number of benzene rings is 1. The summed E-state index contributed by atoms with van der Waals surface area (Å²) in [5.74, 6) is 0. The van der Waals surface area contributed by atoms with Gasteiger partial charge in [-0.15, -0.1) is 0 Å². The number of nitrogens with zero attached hydrogens (tertiary/aromatic N) is 2. The van der Waals surface area contributed by atoms with Gasteiger partial charge in [-0.3, -0.25) is 0 Å². The standard InChI is InChI=1S/C15H24N4/c1-15(2,10-17-8-7-16-3)12-5-6-14-13(9-12)18-11-19(14)4/h5-6,9,11,16-17H,7-8,10H2,1-4H3. The van der Waals surface area contributed by atoms with Gasteiger partial charge < -0.3 is 15.2 Å². The molecule has 4 nitrogen and oxygen atoms in total. The summed E-state index contributed by atoms with van der Waals surface area (Å²) in [6.45, 7) is 7.49. The molecule has 4 heteroatoms.